The largest absolute Gasteiger partial charge is 0.492 e. The molecule has 1 aliphatic heterocycles. The molecule has 0 aliphatic carbocycles. The van der Waals surface area contributed by atoms with Crippen molar-refractivity contribution in [3.63, 3.8) is 0 Å². The topological polar surface area (TPSA) is 124 Å². The van der Waals surface area contributed by atoms with Gasteiger partial charge < -0.3 is 20.1 Å². The standard InChI is InChI=1S/C29H37N5O6/c1-19(2)30-28(37)40-34-25(18-24(32-34)29(3,4)5)31-27(36)26(35)22-10-11-23(21-9-7-6-8-20(21)22)39-17-14-33-12-15-38-16-13-33/h6-11,18-19H,12-17H2,1-5H3,(H,30,37)(H,31,36). The summed E-state index contributed by atoms with van der Waals surface area (Å²) in [6, 6.07) is 12.0. The van der Waals surface area contributed by atoms with Crippen LogP contribution < -0.4 is 20.2 Å². The molecule has 4 rings (SSSR count). The number of nitrogens with one attached hydrogen (secondary N) is 2. The zero-order valence-corrected chi connectivity index (χ0v) is 23.7. The molecule has 1 fully saturated rings. The van der Waals surface area contributed by atoms with Crippen LogP contribution in [-0.4, -0.2) is 78.1 Å². The van der Waals surface area contributed by atoms with Gasteiger partial charge in [-0.25, -0.2) is 4.79 Å². The van der Waals surface area contributed by atoms with Crippen LogP contribution in [0.3, 0.4) is 0 Å². The second-order valence-corrected chi connectivity index (χ2v) is 11.0. The molecule has 1 saturated heterocycles. The van der Waals surface area contributed by atoms with Gasteiger partial charge in [0.1, 0.15) is 12.4 Å². The predicted molar refractivity (Wildman–Crippen MR) is 151 cm³/mol. The third kappa shape index (κ3) is 7.16. The van der Waals surface area contributed by atoms with Crippen LogP contribution in [0.1, 0.15) is 50.7 Å². The van der Waals surface area contributed by atoms with Gasteiger partial charge in [0, 0.05) is 48.1 Å². The fourth-order valence-corrected chi connectivity index (χ4v) is 4.23. The minimum atomic E-state index is -0.888. The van der Waals surface area contributed by atoms with Crippen LogP contribution in [0.25, 0.3) is 10.8 Å². The van der Waals surface area contributed by atoms with Gasteiger partial charge in [-0.2, -0.15) is 0 Å². The van der Waals surface area contributed by atoms with Crippen molar-refractivity contribution < 1.29 is 28.7 Å². The summed E-state index contributed by atoms with van der Waals surface area (Å²) in [7, 11) is 0. The molecule has 0 atom stereocenters. The lowest BCUT2D eigenvalue weighted by molar-refractivity contribution is -0.112. The van der Waals surface area contributed by atoms with E-state index in [1.54, 1.807) is 44.2 Å². The smallest absolute Gasteiger partial charge is 0.433 e. The quantitative estimate of drug-likeness (QED) is 0.306. The second-order valence-electron chi connectivity index (χ2n) is 11.0. The molecule has 0 radical (unpaired) electrons. The molecule has 11 nitrogen and oxygen atoms in total. The highest BCUT2D eigenvalue weighted by molar-refractivity contribution is 6.48. The van der Waals surface area contributed by atoms with Crippen LogP contribution in [-0.2, 0) is 14.9 Å². The lowest BCUT2D eigenvalue weighted by Gasteiger charge is -2.26. The zero-order valence-electron chi connectivity index (χ0n) is 23.7. The highest BCUT2D eigenvalue weighted by Crippen LogP contribution is 2.29. The Morgan fingerprint density at radius 1 is 1.05 bits per heavy atom. The van der Waals surface area contributed by atoms with E-state index >= 15 is 0 Å². The Labute approximate surface area is 233 Å². The van der Waals surface area contributed by atoms with E-state index in [2.05, 4.69) is 20.6 Å². The SMILES string of the molecule is CC(C)NC(=O)On1nc(C(C)(C)C)cc1NC(=O)C(=O)c1ccc(OCCN2CCOCC2)c2ccccc12. The van der Waals surface area contributed by atoms with Crippen molar-refractivity contribution in [2.24, 2.45) is 0 Å². The average molecular weight is 552 g/mol. The average Bonchev–Trinajstić information content (AvgIpc) is 3.31. The van der Waals surface area contributed by atoms with Crippen LogP contribution in [0.4, 0.5) is 10.6 Å². The van der Waals surface area contributed by atoms with Gasteiger partial charge in [0.15, 0.2) is 5.82 Å². The number of aromatic nitrogens is 2. The highest BCUT2D eigenvalue weighted by Gasteiger charge is 2.26. The van der Waals surface area contributed by atoms with Crippen molar-refractivity contribution in [2.75, 3.05) is 44.8 Å². The molecule has 214 valence electrons. The molecule has 0 unspecified atom stereocenters. The Bertz CT molecular complexity index is 1370. The molecule has 2 amide bonds. The summed E-state index contributed by atoms with van der Waals surface area (Å²) in [4.78, 5) is 47.2. The number of benzene rings is 2. The maximum absolute atomic E-state index is 13.4. The van der Waals surface area contributed by atoms with E-state index in [-0.39, 0.29) is 17.4 Å². The summed E-state index contributed by atoms with van der Waals surface area (Å²) in [5, 5.41) is 10.8. The third-order valence-electron chi connectivity index (χ3n) is 6.37. The molecule has 2 aromatic carbocycles. The number of Topliss-reactive ketones (excluding diaryl/α,β-unsaturated/α-hetero) is 1. The second kappa shape index (κ2) is 12.5. The minimum Gasteiger partial charge on any atom is -0.492 e. The Morgan fingerprint density at radius 3 is 2.42 bits per heavy atom. The van der Waals surface area contributed by atoms with Crippen molar-refractivity contribution >= 4 is 34.4 Å². The molecule has 0 bridgehead atoms. The summed E-state index contributed by atoms with van der Waals surface area (Å²) in [6.07, 6.45) is -0.740. The van der Waals surface area contributed by atoms with Crippen molar-refractivity contribution in [1.29, 1.82) is 0 Å². The molecular formula is C29H37N5O6. The number of hydrogen-bond donors (Lipinski definition) is 2. The zero-order chi connectivity index (χ0) is 28.9. The van der Waals surface area contributed by atoms with Gasteiger partial charge in [-0.05, 0) is 31.4 Å². The Morgan fingerprint density at radius 2 is 1.75 bits per heavy atom. The van der Waals surface area contributed by atoms with Crippen molar-refractivity contribution in [3.8, 4) is 5.75 Å². The van der Waals surface area contributed by atoms with E-state index in [1.165, 1.54) is 0 Å². The van der Waals surface area contributed by atoms with E-state index < -0.39 is 23.2 Å². The summed E-state index contributed by atoms with van der Waals surface area (Å²) in [5.41, 5.74) is 0.395. The van der Waals surface area contributed by atoms with E-state index in [0.717, 1.165) is 43.1 Å². The number of rotatable bonds is 9. The van der Waals surface area contributed by atoms with Gasteiger partial charge in [-0.1, -0.05) is 49.9 Å². The summed E-state index contributed by atoms with van der Waals surface area (Å²) >= 11 is 0. The van der Waals surface area contributed by atoms with Crippen molar-refractivity contribution in [2.45, 2.75) is 46.1 Å². The Balaban J connectivity index is 1.52. The normalized spacial score (nSPS) is 14.2. The van der Waals surface area contributed by atoms with E-state index in [9.17, 15) is 14.4 Å². The van der Waals surface area contributed by atoms with Gasteiger partial charge in [0.05, 0.1) is 18.9 Å². The fraction of sp³-hybridized carbons (Fsp3) is 0.448. The third-order valence-corrected chi connectivity index (χ3v) is 6.37. The number of carbonyl (C=O) groups is 3. The van der Waals surface area contributed by atoms with E-state index in [4.69, 9.17) is 14.3 Å². The fourth-order valence-electron chi connectivity index (χ4n) is 4.23. The number of hydrogen-bond acceptors (Lipinski definition) is 8. The van der Waals surface area contributed by atoms with Crippen LogP contribution in [0.5, 0.6) is 5.75 Å². The van der Waals surface area contributed by atoms with Crippen LogP contribution in [0, 0.1) is 0 Å². The van der Waals surface area contributed by atoms with Gasteiger partial charge in [0.2, 0.25) is 0 Å². The summed E-state index contributed by atoms with van der Waals surface area (Å²) in [5.74, 6) is -0.929. The molecule has 2 heterocycles. The predicted octanol–water partition coefficient (Wildman–Crippen LogP) is 3.41. The molecule has 0 saturated carbocycles. The first kappa shape index (κ1) is 29.0. The first-order valence-electron chi connectivity index (χ1n) is 13.4. The van der Waals surface area contributed by atoms with Crippen molar-refractivity contribution in [3.05, 3.63) is 53.7 Å². The molecule has 40 heavy (non-hydrogen) atoms. The lowest BCUT2D eigenvalue weighted by atomic mass is 9.92. The number of anilines is 1. The maximum Gasteiger partial charge on any atom is 0.433 e. The number of nitrogens with zero attached hydrogens (tertiary/aromatic N) is 3. The monoisotopic (exact) mass is 551 g/mol. The van der Waals surface area contributed by atoms with Crippen LogP contribution >= 0.6 is 0 Å². The number of morpholine rings is 1. The first-order chi connectivity index (χ1) is 19.0. The van der Waals surface area contributed by atoms with Gasteiger partial charge >= 0.3 is 6.09 Å². The molecule has 1 aromatic heterocycles. The van der Waals surface area contributed by atoms with Gasteiger partial charge in [0.25, 0.3) is 11.7 Å². The molecular weight excluding hydrogens is 514 g/mol. The minimum absolute atomic E-state index is 0.0644. The molecule has 2 N–H and O–H groups in total. The van der Waals surface area contributed by atoms with Crippen LogP contribution in [0.15, 0.2) is 42.5 Å². The number of amides is 2. The number of ether oxygens (including phenoxy) is 2. The Hall–Kier alpha value is -3.96. The number of fused-ring (bicyclic) bond motifs is 1. The molecule has 11 heteroatoms. The Kier molecular flexibility index (Phi) is 9.06. The number of ketones is 1. The van der Waals surface area contributed by atoms with Crippen LogP contribution in [0.2, 0.25) is 0 Å². The molecule has 0 spiro atoms. The molecule has 3 aromatic rings. The van der Waals surface area contributed by atoms with Gasteiger partial charge in [-0.3, -0.25) is 19.3 Å². The summed E-state index contributed by atoms with van der Waals surface area (Å²) < 4.78 is 11.5. The lowest BCUT2D eigenvalue weighted by Crippen LogP contribution is -2.38. The van der Waals surface area contributed by atoms with Crippen molar-refractivity contribution in [1.82, 2.24) is 20.2 Å². The number of carbonyl (C=O) groups excluding carboxylic acids is 3. The highest BCUT2D eigenvalue weighted by atomic mass is 16.7. The first-order valence-corrected chi connectivity index (χ1v) is 13.4. The van der Waals surface area contributed by atoms with E-state index in [1.807, 2.05) is 32.9 Å². The summed E-state index contributed by atoms with van der Waals surface area (Å²) in [6.45, 7) is 13.8. The maximum atomic E-state index is 13.4. The molecule has 1 aliphatic rings. The van der Waals surface area contributed by atoms with Gasteiger partial charge in [-0.15, -0.1) is 5.10 Å². The van der Waals surface area contributed by atoms with E-state index in [0.29, 0.717) is 23.4 Å².